The van der Waals surface area contributed by atoms with Crippen molar-refractivity contribution in [1.82, 2.24) is 15.1 Å². The number of aromatic nitrogens is 2. The first-order valence-corrected chi connectivity index (χ1v) is 12.9. The van der Waals surface area contributed by atoms with Crippen LogP contribution in [0, 0.1) is 28.3 Å². The Kier molecular flexibility index (Phi) is 4.87. The van der Waals surface area contributed by atoms with Gasteiger partial charge in [-0.3, -0.25) is 14.3 Å². The Morgan fingerprint density at radius 1 is 0.949 bits per heavy atom. The van der Waals surface area contributed by atoms with Gasteiger partial charge in [0.2, 0.25) is 0 Å². The summed E-state index contributed by atoms with van der Waals surface area (Å²) in [6.07, 6.45) is 4.83. The van der Waals surface area contributed by atoms with Crippen LogP contribution in [0.2, 0.25) is 0 Å². The fourth-order valence-corrected chi connectivity index (χ4v) is 6.89. The van der Waals surface area contributed by atoms with Gasteiger partial charge in [-0.25, -0.2) is 13.2 Å². The van der Waals surface area contributed by atoms with Crippen LogP contribution in [0.1, 0.15) is 48.0 Å². The smallest absolute Gasteiger partial charge is 0.309 e. The average molecular weight is 532 g/mol. The van der Waals surface area contributed by atoms with E-state index < -0.39 is 28.6 Å². The Bertz CT molecular complexity index is 1670. The number of benzene rings is 3. The number of amides is 1. The van der Waals surface area contributed by atoms with Crippen LogP contribution in [0.5, 0.6) is 0 Å². The van der Waals surface area contributed by atoms with Crippen LogP contribution in [-0.2, 0) is 11.3 Å². The van der Waals surface area contributed by atoms with E-state index in [1.165, 1.54) is 24.3 Å². The van der Waals surface area contributed by atoms with Crippen LogP contribution < -0.4 is 5.32 Å². The van der Waals surface area contributed by atoms with Crippen molar-refractivity contribution >= 4 is 22.8 Å². The van der Waals surface area contributed by atoms with Gasteiger partial charge in [-0.2, -0.15) is 5.10 Å². The summed E-state index contributed by atoms with van der Waals surface area (Å²) in [4.78, 5) is 25.6. The first-order chi connectivity index (χ1) is 18.6. The van der Waals surface area contributed by atoms with Crippen molar-refractivity contribution in [2.24, 2.45) is 10.8 Å². The number of hydrogen-bond donors (Lipinski definition) is 2. The van der Waals surface area contributed by atoms with Crippen molar-refractivity contribution in [3.63, 3.8) is 0 Å². The number of fused-ring (bicyclic) bond motifs is 1. The molecule has 39 heavy (non-hydrogen) atoms. The van der Waals surface area contributed by atoms with E-state index in [1.54, 1.807) is 35.1 Å². The van der Waals surface area contributed by atoms with Crippen LogP contribution in [0.3, 0.4) is 0 Å². The van der Waals surface area contributed by atoms with Gasteiger partial charge in [0.25, 0.3) is 5.91 Å². The molecule has 1 amide bonds. The summed E-state index contributed by atoms with van der Waals surface area (Å²) in [7, 11) is 0. The number of halogens is 3. The molecule has 4 aliphatic carbocycles. The predicted octanol–water partition coefficient (Wildman–Crippen LogP) is 5.69. The Balaban J connectivity index is 1.28. The highest BCUT2D eigenvalue weighted by Gasteiger charge is 2.81. The number of nitrogens with one attached hydrogen (secondary N) is 1. The molecule has 8 rings (SSSR count). The Morgan fingerprint density at radius 3 is 2.28 bits per heavy atom. The highest BCUT2D eigenvalue weighted by Crippen LogP contribution is 2.81. The summed E-state index contributed by atoms with van der Waals surface area (Å²) in [6, 6.07) is 12.6. The molecule has 6 nitrogen and oxygen atoms in total. The van der Waals surface area contributed by atoms with E-state index in [9.17, 15) is 27.9 Å². The summed E-state index contributed by atoms with van der Waals surface area (Å²) in [5.41, 5.74) is 0.876. The van der Waals surface area contributed by atoms with Gasteiger partial charge in [-0.15, -0.1) is 0 Å². The zero-order valence-corrected chi connectivity index (χ0v) is 20.8. The Hall–Kier alpha value is -4.14. The van der Waals surface area contributed by atoms with E-state index in [0.717, 1.165) is 24.5 Å². The van der Waals surface area contributed by atoms with Gasteiger partial charge in [0, 0.05) is 22.6 Å². The molecule has 0 unspecified atom stereocenters. The number of carbonyl (C=O) groups is 2. The summed E-state index contributed by atoms with van der Waals surface area (Å²) < 4.78 is 43.5. The number of nitrogens with zero attached hydrogens (tertiary/aromatic N) is 2. The third kappa shape index (κ3) is 3.52. The minimum Gasteiger partial charge on any atom is -0.481 e. The van der Waals surface area contributed by atoms with Crippen LogP contribution in [-0.4, -0.2) is 32.3 Å². The number of hydrogen-bond acceptors (Lipinski definition) is 3. The SMILES string of the molecule is O=C(NC1(C23CC(C(=O)O)(C2)C3)CC1)c1cc(-c2ccc(F)cc2F)cc2cnn(Cc3ccc(F)cc3)c12. The second kappa shape index (κ2) is 7.94. The maximum absolute atomic E-state index is 14.8. The molecule has 2 N–H and O–H groups in total. The van der Waals surface area contributed by atoms with Crippen molar-refractivity contribution in [2.45, 2.75) is 44.2 Å². The number of aliphatic carboxylic acids is 1. The van der Waals surface area contributed by atoms with E-state index in [2.05, 4.69) is 10.4 Å². The molecular formula is C30H24F3N3O3. The molecule has 0 radical (unpaired) electrons. The molecule has 4 fully saturated rings. The Labute approximate surface area is 221 Å². The lowest BCUT2D eigenvalue weighted by Gasteiger charge is -2.71. The van der Waals surface area contributed by atoms with Gasteiger partial charge in [-0.05, 0) is 85.0 Å². The van der Waals surface area contributed by atoms with Crippen molar-refractivity contribution in [3.8, 4) is 11.1 Å². The normalized spacial score (nSPS) is 24.1. The molecule has 0 saturated heterocycles. The molecule has 4 aromatic rings. The van der Waals surface area contributed by atoms with Crippen molar-refractivity contribution in [1.29, 1.82) is 0 Å². The minimum atomic E-state index is -0.771. The molecular weight excluding hydrogens is 507 g/mol. The van der Waals surface area contributed by atoms with Crippen molar-refractivity contribution in [2.75, 3.05) is 0 Å². The molecule has 3 aromatic carbocycles. The van der Waals surface area contributed by atoms with Gasteiger partial charge >= 0.3 is 5.97 Å². The molecule has 4 saturated carbocycles. The highest BCUT2D eigenvalue weighted by molar-refractivity contribution is 6.08. The zero-order valence-electron chi connectivity index (χ0n) is 20.8. The number of rotatable bonds is 7. The van der Waals surface area contributed by atoms with Gasteiger partial charge in [-0.1, -0.05) is 12.1 Å². The van der Waals surface area contributed by atoms with Gasteiger partial charge in [0.05, 0.1) is 29.2 Å². The van der Waals surface area contributed by atoms with Crippen LogP contribution in [0.15, 0.2) is 60.8 Å². The van der Waals surface area contributed by atoms with E-state index in [-0.39, 0.29) is 34.8 Å². The Morgan fingerprint density at radius 2 is 1.64 bits per heavy atom. The second-order valence-corrected chi connectivity index (χ2v) is 11.4. The lowest BCUT2D eigenvalue weighted by atomic mass is 9.32. The lowest BCUT2D eigenvalue weighted by Crippen LogP contribution is -2.73. The van der Waals surface area contributed by atoms with E-state index in [4.69, 9.17) is 0 Å². The fourth-order valence-electron chi connectivity index (χ4n) is 6.89. The van der Waals surface area contributed by atoms with Crippen LogP contribution in [0.25, 0.3) is 22.0 Å². The topological polar surface area (TPSA) is 84.2 Å². The van der Waals surface area contributed by atoms with E-state index >= 15 is 0 Å². The fraction of sp³-hybridized carbons (Fsp3) is 0.300. The quantitative estimate of drug-likeness (QED) is 0.321. The van der Waals surface area contributed by atoms with Crippen molar-refractivity contribution < 1.29 is 27.9 Å². The van der Waals surface area contributed by atoms with E-state index in [0.29, 0.717) is 35.7 Å². The molecule has 0 spiro atoms. The summed E-state index contributed by atoms with van der Waals surface area (Å²) >= 11 is 0. The zero-order chi connectivity index (χ0) is 27.2. The van der Waals surface area contributed by atoms with Crippen molar-refractivity contribution in [3.05, 3.63) is 89.4 Å². The summed E-state index contributed by atoms with van der Waals surface area (Å²) in [5.74, 6) is -2.92. The number of carboxylic acid groups (broad SMARTS) is 1. The monoisotopic (exact) mass is 531 g/mol. The third-order valence-electron chi connectivity index (χ3n) is 9.07. The second-order valence-electron chi connectivity index (χ2n) is 11.4. The summed E-state index contributed by atoms with van der Waals surface area (Å²) in [6.45, 7) is 0.282. The van der Waals surface area contributed by atoms with Crippen LogP contribution >= 0.6 is 0 Å². The first-order valence-electron chi connectivity index (χ1n) is 12.9. The lowest BCUT2D eigenvalue weighted by molar-refractivity contribution is -0.236. The average Bonchev–Trinajstić information content (AvgIpc) is 3.49. The molecule has 0 atom stereocenters. The first kappa shape index (κ1) is 23.9. The molecule has 2 bridgehead atoms. The van der Waals surface area contributed by atoms with Gasteiger partial charge in [0.15, 0.2) is 0 Å². The van der Waals surface area contributed by atoms with Crippen LogP contribution in [0.4, 0.5) is 13.2 Å². The van der Waals surface area contributed by atoms with E-state index in [1.807, 2.05) is 0 Å². The predicted molar refractivity (Wildman–Crippen MR) is 136 cm³/mol. The third-order valence-corrected chi connectivity index (χ3v) is 9.07. The highest BCUT2D eigenvalue weighted by atomic mass is 19.1. The number of carbonyl (C=O) groups excluding carboxylic acids is 1. The molecule has 1 heterocycles. The standard InChI is InChI=1S/C30H24F3N3O3/c31-20-3-1-17(2-4-20)13-36-25-19(12-34-36)9-18(22-6-5-21(32)11-24(22)33)10-23(25)26(37)35-30(7-8-30)29-14-28(15-29,16-29)27(38)39/h1-6,9-12H,7-8,13-16H2,(H,35,37)(H,38,39). The molecule has 9 heteroatoms. The molecule has 1 aromatic heterocycles. The van der Waals surface area contributed by atoms with Gasteiger partial charge in [0.1, 0.15) is 17.5 Å². The molecule has 4 aliphatic rings. The molecule has 0 aliphatic heterocycles. The maximum atomic E-state index is 14.8. The largest absolute Gasteiger partial charge is 0.481 e. The number of carboxylic acids is 1. The maximum Gasteiger partial charge on any atom is 0.309 e. The minimum absolute atomic E-state index is 0.155. The molecule has 198 valence electrons. The summed E-state index contributed by atoms with van der Waals surface area (Å²) in [5, 5.41) is 17.9. The van der Waals surface area contributed by atoms with Gasteiger partial charge < -0.3 is 10.4 Å².